The minimum absolute atomic E-state index is 0.00841. The van der Waals surface area contributed by atoms with Crippen LogP contribution < -0.4 is 5.14 Å². The molecule has 1 saturated carbocycles. The zero-order valence-corrected chi connectivity index (χ0v) is 21.6. The number of halogens is 2. The number of rotatable bonds is 9. The number of aromatic nitrogens is 2. The van der Waals surface area contributed by atoms with Crippen molar-refractivity contribution in [3.05, 3.63) is 79.5 Å². The summed E-state index contributed by atoms with van der Waals surface area (Å²) >= 11 is 13.4. The Hall–Kier alpha value is -1.92. The van der Waals surface area contributed by atoms with E-state index < -0.39 is 16.4 Å². The van der Waals surface area contributed by atoms with E-state index in [4.69, 9.17) is 28.3 Å². The predicted octanol–water partition coefficient (Wildman–Crippen LogP) is 3.82. The van der Waals surface area contributed by atoms with E-state index in [0.717, 1.165) is 11.1 Å². The van der Waals surface area contributed by atoms with E-state index in [9.17, 15) is 18.3 Å². The van der Waals surface area contributed by atoms with Crippen LogP contribution in [-0.2, 0) is 27.3 Å². The fraction of sp³-hybridized carbons (Fsp3) is 0.348. The van der Waals surface area contributed by atoms with Crippen LogP contribution in [0.3, 0.4) is 0 Å². The van der Waals surface area contributed by atoms with Crippen molar-refractivity contribution in [3.8, 4) is 0 Å². The predicted molar refractivity (Wildman–Crippen MR) is 134 cm³/mol. The molecule has 0 bridgehead atoms. The molecule has 2 heterocycles. The Morgan fingerprint density at radius 3 is 2.74 bits per heavy atom. The summed E-state index contributed by atoms with van der Waals surface area (Å²) in [6, 6.07) is 7.31. The largest absolute Gasteiger partial charge is 0.393 e. The van der Waals surface area contributed by atoms with Gasteiger partial charge in [-0.1, -0.05) is 29.3 Å². The van der Waals surface area contributed by atoms with Crippen LogP contribution in [0.1, 0.15) is 44.9 Å². The minimum Gasteiger partial charge on any atom is -0.393 e. The number of carbonyl (C=O) groups excluding carboxylic acids is 1. The molecule has 1 aliphatic rings. The summed E-state index contributed by atoms with van der Waals surface area (Å²) in [6.07, 6.45) is 4.22. The highest BCUT2D eigenvalue weighted by Gasteiger charge is 2.35. The van der Waals surface area contributed by atoms with Crippen LogP contribution >= 0.6 is 34.5 Å². The summed E-state index contributed by atoms with van der Waals surface area (Å²) in [5.74, 6) is -0.520. The summed E-state index contributed by atoms with van der Waals surface area (Å²) in [5, 5.41) is 18.1. The molecular weight excluding hydrogens is 533 g/mol. The van der Waals surface area contributed by atoms with Gasteiger partial charge in [-0.05, 0) is 66.3 Å². The average Bonchev–Trinajstić information content (AvgIpc) is 3.40. The second-order valence-electron chi connectivity index (χ2n) is 8.60. The molecule has 3 aromatic rings. The Balaban J connectivity index is 1.44. The van der Waals surface area contributed by atoms with E-state index in [1.54, 1.807) is 6.07 Å². The van der Waals surface area contributed by atoms with Gasteiger partial charge in [0, 0.05) is 12.1 Å². The second-order valence-corrected chi connectivity index (χ2v) is 11.5. The topological polar surface area (TPSA) is 132 Å². The summed E-state index contributed by atoms with van der Waals surface area (Å²) in [5.41, 5.74) is 2.97. The van der Waals surface area contributed by atoms with Gasteiger partial charge in [-0.25, -0.2) is 15.1 Å². The molecule has 0 aliphatic heterocycles. The lowest BCUT2D eigenvalue weighted by Crippen LogP contribution is -2.24. The first-order valence-electron chi connectivity index (χ1n) is 10.8. The third-order valence-corrected chi connectivity index (χ3v) is 8.17. The number of aliphatic hydroxyl groups is 1. The molecule has 35 heavy (non-hydrogen) atoms. The van der Waals surface area contributed by atoms with Gasteiger partial charge in [0.25, 0.3) is 0 Å². The van der Waals surface area contributed by atoms with E-state index in [2.05, 4.69) is 14.2 Å². The molecule has 0 spiro atoms. The van der Waals surface area contributed by atoms with Crippen LogP contribution in [0, 0.1) is 11.8 Å². The lowest BCUT2D eigenvalue weighted by atomic mass is 9.96. The lowest BCUT2D eigenvalue weighted by molar-refractivity contribution is 0.100. The quantitative estimate of drug-likeness (QED) is 0.383. The molecular formula is C23H23Cl2N3O5S2. The van der Waals surface area contributed by atoms with Crippen molar-refractivity contribution in [2.24, 2.45) is 17.0 Å². The van der Waals surface area contributed by atoms with Crippen LogP contribution in [0.2, 0.25) is 10.0 Å². The Bertz CT molecular complexity index is 1330. The van der Waals surface area contributed by atoms with Gasteiger partial charge in [0.15, 0.2) is 0 Å². The number of hydrogen-bond acceptors (Lipinski definition) is 8. The van der Waals surface area contributed by atoms with Gasteiger partial charge < -0.3 is 5.11 Å². The van der Waals surface area contributed by atoms with Crippen LogP contribution in [0.15, 0.2) is 42.2 Å². The smallest absolute Gasteiger partial charge is 0.333 e. The van der Waals surface area contributed by atoms with Gasteiger partial charge >= 0.3 is 10.3 Å². The van der Waals surface area contributed by atoms with Crippen molar-refractivity contribution in [2.45, 2.75) is 31.8 Å². The standard InChI is InChI=1S/C23H23Cl2N3O5S2/c24-18-2-1-13(5-19(18)25)3-15-8-22(34-11-15)23(30)17-9-27-12-28-20(17)6-14-4-16(21(29)7-14)10-33-35(26,31)32/h1-2,5,8-9,11-12,14,16,21,29H,3-4,6-7,10H2,(H2,26,31,32)/t14-,16+,21-/m0/s1. The summed E-state index contributed by atoms with van der Waals surface area (Å²) < 4.78 is 26.8. The van der Waals surface area contributed by atoms with Crippen molar-refractivity contribution < 1.29 is 22.5 Å². The maximum Gasteiger partial charge on any atom is 0.333 e. The van der Waals surface area contributed by atoms with Crippen molar-refractivity contribution in [3.63, 3.8) is 0 Å². The van der Waals surface area contributed by atoms with E-state index in [0.29, 0.717) is 51.9 Å². The first-order valence-corrected chi connectivity index (χ1v) is 13.9. The zero-order valence-electron chi connectivity index (χ0n) is 18.4. The highest BCUT2D eigenvalue weighted by Crippen LogP contribution is 2.34. The molecule has 0 amide bonds. The third-order valence-electron chi connectivity index (χ3n) is 5.99. The number of aliphatic hydroxyl groups excluding tert-OH is 1. The van der Waals surface area contributed by atoms with Gasteiger partial charge in [0.1, 0.15) is 6.33 Å². The molecule has 186 valence electrons. The molecule has 0 radical (unpaired) electrons. The maximum absolute atomic E-state index is 13.3. The SMILES string of the molecule is NS(=O)(=O)OC[C@H]1C[C@@H](Cc2ncncc2C(=O)c2cc(Cc3ccc(Cl)c(Cl)c3)cs2)C[C@@H]1O. The van der Waals surface area contributed by atoms with Gasteiger partial charge in [-0.3, -0.25) is 8.98 Å². The molecule has 12 heteroatoms. The van der Waals surface area contributed by atoms with Gasteiger partial charge in [0.2, 0.25) is 5.78 Å². The molecule has 3 N–H and O–H groups in total. The normalized spacial score (nSPS) is 20.3. The van der Waals surface area contributed by atoms with Crippen molar-refractivity contribution in [1.29, 1.82) is 0 Å². The Morgan fingerprint density at radius 1 is 1.20 bits per heavy atom. The van der Waals surface area contributed by atoms with E-state index in [1.807, 2.05) is 23.6 Å². The van der Waals surface area contributed by atoms with Gasteiger partial charge in [0.05, 0.1) is 38.9 Å². The first kappa shape index (κ1) is 26.2. The van der Waals surface area contributed by atoms with Crippen molar-refractivity contribution in [1.82, 2.24) is 9.97 Å². The maximum atomic E-state index is 13.3. The van der Waals surface area contributed by atoms with Crippen LogP contribution in [-0.4, -0.2) is 42.0 Å². The van der Waals surface area contributed by atoms with Crippen LogP contribution in [0.25, 0.3) is 0 Å². The summed E-state index contributed by atoms with van der Waals surface area (Å²) in [6.45, 7) is -0.178. The number of hydrogen-bond donors (Lipinski definition) is 2. The number of nitrogens with two attached hydrogens (primary N) is 1. The summed E-state index contributed by atoms with van der Waals surface area (Å²) in [7, 11) is -4.07. The fourth-order valence-electron chi connectivity index (χ4n) is 4.33. The Labute approximate surface area is 217 Å². The monoisotopic (exact) mass is 555 g/mol. The second kappa shape index (κ2) is 11.0. The molecule has 0 unspecified atom stereocenters. The number of benzene rings is 1. The van der Waals surface area contributed by atoms with Crippen LogP contribution in [0.4, 0.5) is 0 Å². The third kappa shape index (κ3) is 6.85. The Morgan fingerprint density at radius 2 is 2.00 bits per heavy atom. The number of nitrogens with zero attached hydrogens (tertiary/aromatic N) is 2. The Kier molecular flexibility index (Phi) is 8.22. The highest BCUT2D eigenvalue weighted by molar-refractivity contribution is 7.84. The average molecular weight is 556 g/mol. The molecule has 2 aromatic heterocycles. The molecule has 4 rings (SSSR count). The minimum atomic E-state index is -4.07. The first-order chi connectivity index (χ1) is 16.6. The molecule has 1 fully saturated rings. The molecule has 8 nitrogen and oxygen atoms in total. The molecule has 0 saturated heterocycles. The van der Waals surface area contributed by atoms with Gasteiger partial charge in [-0.15, -0.1) is 11.3 Å². The zero-order chi connectivity index (χ0) is 25.2. The number of carbonyl (C=O) groups is 1. The van der Waals surface area contributed by atoms with E-state index >= 15 is 0 Å². The number of ketones is 1. The van der Waals surface area contributed by atoms with E-state index in [-0.39, 0.29) is 24.2 Å². The highest BCUT2D eigenvalue weighted by atomic mass is 35.5. The molecule has 3 atom stereocenters. The van der Waals surface area contributed by atoms with Crippen molar-refractivity contribution >= 4 is 50.6 Å². The summed E-state index contributed by atoms with van der Waals surface area (Å²) in [4.78, 5) is 22.2. The number of thiophene rings is 1. The fourth-order valence-corrected chi connectivity index (χ4v) is 5.88. The van der Waals surface area contributed by atoms with Gasteiger partial charge in [-0.2, -0.15) is 8.42 Å². The van der Waals surface area contributed by atoms with Crippen molar-refractivity contribution in [2.75, 3.05) is 6.61 Å². The lowest BCUT2D eigenvalue weighted by Gasteiger charge is -2.13. The van der Waals surface area contributed by atoms with Crippen LogP contribution in [0.5, 0.6) is 0 Å². The van der Waals surface area contributed by atoms with E-state index in [1.165, 1.54) is 23.9 Å². The molecule has 1 aliphatic carbocycles. The molecule has 1 aromatic carbocycles.